The van der Waals surface area contributed by atoms with E-state index in [9.17, 15) is 4.79 Å². The molecule has 3 N–H and O–H groups in total. The van der Waals surface area contributed by atoms with Crippen LogP contribution in [0.1, 0.15) is 25.1 Å². The number of fused-ring (bicyclic) bond motifs is 1. The smallest absolute Gasteiger partial charge is 0.257 e. The van der Waals surface area contributed by atoms with E-state index in [1.54, 1.807) is 0 Å². The van der Waals surface area contributed by atoms with Gasteiger partial charge >= 0.3 is 0 Å². The average molecular weight is 208 g/mol. The summed E-state index contributed by atoms with van der Waals surface area (Å²) >= 11 is 0. The van der Waals surface area contributed by atoms with Crippen LogP contribution in [0.15, 0.2) is 4.79 Å². The second-order valence-electron chi connectivity index (χ2n) is 4.07. The maximum atomic E-state index is 11.7. The molecule has 5 heteroatoms. The summed E-state index contributed by atoms with van der Waals surface area (Å²) in [5.41, 5.74) is 1.66. The van der Waals surface area contributed by atoms with E-state index in [1.807, 2.05) is 13.8 Å². The minimum Gasteiger partial charge on any atom is -0.354 e. The van der Waals surface area contributed by atoms with E-state index in [0.29, 0.717) is 12.5 Å². The lowest BCUT2D eigenvalue weighted by atomic mass is 10.1. The van der Waals surface area contributed by atoms with Gasteiger partial charge in [0.15, 0.2) is 0 Å². The zero-order chi connectivity index (χ0) is 10.8. The SMILES string of the molecule is CC(C)Nc1nc2c(c(=O)[nH]1)CNCC2. The first-order chi connectivity index (χ1) is 7.16. The highest BCUT2D eigenvalue weighted by molar-refractivity contribution is 5.31. The van der Waals surface area contributed by atoms with Gasteiger partial charge in [-0.1, -0.05) is 0 Å². The molecule has 0 atom stereocenters. The molecule has 0 aromatic carbocycles. The third kappa shape index (κ3) is 2.18. The number of aromatic amines is 1. The lowest BCUT2D eigenvalue weighted by Gasteiger charge is -2.17. The zero-order valence-corrected chi connectivity index (χ0v) is 9.05. The van der Waals surface area contributed by atoms with Crippen molar-refractivity contribution in [3.63, 3.8) is 0 Å². The summed E-state index contributed by atoms with van der Waals surface area (Å²) in [6.45, 7) is 5.55. The van der Waals surface area contributed by atoms with Crippen LogP contribution in [0.3, 0.4) is 0 Å². The Kier molecular flexibility index (Phi) is 2.73. The first kappa shape index (κ1) is 10.2. The molecule has 2 heterocycles. The van der Waals surface area contributed by atoms with Gasteiger partial charge in [0.05, 0.1) is 11.3 Å². The Balaban J connectivity index is 2.36. The number of rotatable bonds is 2. The highest BCUT2D eigenvalue weighted by atomic mass is 16.1. The number of aromatic nitrogens is 2. The van der Waals surface area contributed by atoms with E-state index in [1.165, 1.54) is 0 Å². The minimum absolute atomic E-state index is 0.0321. The number of hydrogen-bond acceptors (Lipinski definition) is 4. The van der Waals surface area contributed by atoms with Crippen LogP contribution in [0, 0.1) is 0 Å². The van der Waals surface area contributed by atoms with Gasteiger partial charge in [0, 0.05) is 25.6 Å². The molecule has 0 aliphatic carbocycles. The summed E-state index contributed by atoms with van der Waals surface area (Å²) < 4.78 is 0. The van der Waals surface area contributed by atoms with Gasteiger partial charge in [-0.25, -0.2) is 4.98 Å². The Hall–Kier alpha value is -1.36. The lowest BCUT2D eigenvalue weighted by molar-refractivity contribution is 0.620. The molecular formula is C10H16N4O. The van der Waals surface area contributed by atoms with Gasteiger partial charge in [0.25, 0.3) is 5.56 Å². The molecule has 0 spiro atoms. The van der Waals surface area contributed by atoms with Gasteiger partial charge in [-0.05, 0) is 13.8 Å². The van der Waals surface area contributed by atoms with Crippen molar-refractivity contribution in [1.82, 2.24) is 15.3 Å². The molecule has 0 bridgehead atoms. The van der Waals surface area contributed by atoms with Gasteiger partial charge in [-0.2, -0.15) is 0 Å². The summed E-state index contributed by atoms with van der Waals surface area (Å²) in [5.74, 6) is 0.579. The maximum absolute atomic E-state index is 11.7. The third-order valence-corrected chi connectivity index (χ3v) is 2.37. The van der Waals surface area contributed by atoms with Crippen molar-refractivity contribution >= 4 is 5.95 Å². The molecule has 0 saturated heterocycles. The fourth-order valence-corrected chi connectivity index (χ4v) is 1.70. The number of anilines is 1. The molecule has 0 unspecified atom stereocenters. The number of nitrogens with zero attached hydrogens (tertiary/aromatic N) is 1. The van der Waals surface area contributed by atoms with Gasteiger partial charge < -0.3 is 10.6 Å². The third-order valence-electron chi connectivity index (χ3n) is 2.37. The maximum Gasteiger partial charge on any atom is 0.257 e. The van der Waals surface area contributed by atoms with Crippen molar-refractivity contribution in [3.05, 3.63) is 21.6 Å². The average Bonchev–Trinajstić information content (AvgIpc) is 2.16. The first-order valence-corrected chi connectivity index (χ1v) is 5.26. The number of nitrogens with one attached hydrogen (secondary N) is 3. The Labute approximate surface area is 88.3 Å². The molecule has 0 amide bonds. The fourth-order valence-electron chi connectivity index (χ4n) is 1.70. The van der Waals surface area contributed by atoms with Crippen LogP contribution in [-0.4, -0.2) is 22.6 Å². The summed E-state index contributed by atoms with van der Waals surface area (Å²) in [5, 5.41) is 6.27. The molecule has 2 rings (SSSR count). The molecule has 0 saturated carbocycles. The van der Waals surface area contributed by atoms with Crippen LogP contribution < -0.4 is 16.2 Å². The van der Waals surface area contributed by atoms with Crippen molar-refractivity contribution in [2.45, 2.75) is 32.9 Å². The van der Waals surface area contributed by atoms with Gasteiger partial charge in [-0.15, -0.1) is 0 Å². The van der Waals surface area contributed by atoms with Crippen molar-refractivity contribution in [2.75, 3.05) is 11.9 Å². The van der Waals surface area contributed by atoms with E-state index in [-0.39, 0.29) is 11.6 Å². The Morgan fingerprint density at radius 3 is 3.00 bits per heavy atom. The van der Waals surface area contributed by atoms with Crippen LogP contribution in [0.25, 0.3) is 0 Å². The Bertz CT molecular complexity index is 410. The van der Waals surface area contributed by atoms with Gasteiger partial charge in [0.2, 0.25) is 5.95 Å². The molecule has 15 heavy (non-hydrogen) atoms. The molecule has 0 fully saturated rings. The first-order valence-electron chi connectivity index (χ1n) is 5.26. The van der Waals surface area contributed by atoms with Crippen LogP contribution in [0.4, 0.5) is 5.95 Å². The Morgan fingerprint density at radius 2 is 2.27 bits per heavy atom. The summed E-state index contributed by atoms with van der Waals surface area (Å²) in [6, 6.07) is 0.271. The van der Waals surface area contributed by atoms with E-state index < -0.39 is 0 Å². The normalized spacial score (nSPS) is 15.1. The second-order valence-corrected chi connectivity index (χ2v) is 4.07. The number of hydrogen-bond donors (Lipinski definition) is 3. The fraction of sp³-hybridized carbons (Fsp3) is 0.600. The molecular weight excluding hydrogens is 192 g/mol. The zero-order valence-electron chi connectivity index (χ0n) is 9.05. The standard InChI is InChI=1S/C10H16N4O/c1-6(2)12-10-13-8-3-4-11-5-7(8)9(15)14-10/h6,11H,3-5H2,1-2H3,(H2,12,13,14,15). The van der Waals surface area contributed by atoms with E-state index in [4.69, 9.17) is 0 Å². The minimum atomic E-state index is -0.0321. The second kappa shape index (κ2) is 4.02. The summed E-state index contributed by atoms with van der Waals surface area (Å²) in [7, 11) is 0. The predicted octanol–water partition coefficient (Wildman–Crippen LogP) is 0.236. The monoisotopic (exact) mass is 208 g/mol. The molecule has 0 radical (unpaired) electrons. The highest BCUT2D eigenvalue weighted by Gasteiger charge is 2.14. The Morgan fingerprint density at radius 1 is 1.47 bits per heavy atom. The van der Waals surface area contributed by atoms with Crippen molar-refractivity contribution in [3.8, 4) is 0 Å². The van der Waals surface area contributed by atoms with Gasteiger partial charge in [-0.3, -0.25) is 9.78 Å². The molecule has 1 aliphatic heterocycles. The van der Waals surface area contributed by atoms with E-state index in [2.05, 4.69) is 20.6 Å². The van der Waals surface area contributed by atoms with Crippen LogP contribution in [0.2, 0.25) is 0 Å². The highest BCUT2D eigenvalue weighted by Crippen LogP contribution is 2.08. The topological polar surface area (TPSA) is 69.8 Å². The number of H-pyrrole nitrogens is 1. The molecule has 82 valence electrons. The molecule has 5 nitrogen and oxygen atoms in total. The molecule has 1 aromatic heterocycles. The van der Waals surface area contributed by atoms with Gasteiger partial charge in [0.1, 0.15) is 0 Å². The summed E-state index contributed by atoms with van der Waals surface area (Å²) in [4.78, 5) is 18.8. The quantitative estimate of drug-likeness (QED) is 0.651. The molecule has 1 aliphatic rings. The van der Waals surface area contributed by atoms with E-state index >= 15 is 0 Å². The van der Waals surface area contributed by atoms with Crippen molar-refractivity contribution in [1.29, 1.82) is 0 Å². The molecule has 1 aromatic rings. The largest absolute Gasteiger partial charge is 0.354 e. The lowest BCUT2D eigenvalue weighted by Crippen LogP contribution is -2.32. The predicted molar refractivity (Wildman–Crippen MR) is 59.0 cm³/mol. The van der Waals surface area contributed by atoms with Crippen molar-refractivity contribution < 1.29 is 0 Å². The van der Waals surface area contributed by atoms with Crippen LogP contribution in [-0.2, 0) is 13.0 Å². The van der Waals surface area contributed by atoms with Crippen LogP contribution in [0.5, 0.6) is 0 Å². The summed E-state index contributed by atoms with van der Waals surface area (Å²) in [6.07, 6.45) is 0.825. The van der Waals surface area contributed by atoms with Crippen molar-refractivity contribution in [2.24, 2.45) is 0 Å². The van der Waals surface area contributed by atoms with E-state index in [0.717, 1.165) is 24.2 Å². The van der Waals surface area contributed by atoms with Crippen LogP contribution >= 0.6 is 0 Å².